The molecule has 5 N–H and O–H groups in total. The van der Waals surface area contributed by atoms with Crippen molar-refractivity contribution < 1.29 is 110 Å². The van der Waals surface area contributed by atoms with Gasteiger partial charge in [0.15, 0.2) is 29.2 Å². The number of aliphatic imine (C=N–C) groups is 1. The minimum atomic E-state index is -1.53. The van der Waals surface area contributed by atoms with Gasteiger partial charge in [0.05, 0.1) is 174 Å². The van der Waals surface area contributed by atoms with Crippen LogP contribution in [-0.2, 0) is 78.0 Å². The zero-order chi connectivity index (χ0) is 82.0. The number of unbranched alkanes of at least 4 members (excludes halogenated alkanes) is 2. The number of ether oxygens (including phenoxy) is 13. The Balaban J connectivity index is 0.571. The summed E-state index contributed by atoms with van der Waals surface area (Å²) >= 11 is 0. The van der Waals surface area contributed by atoms with Gasteiger partial charge in [-0.1, -0.05) is 79.7 Å². The lowest BCUT2D eigenvalue weighted by Gasteiger charge is -2.31. The quantitative estimate of drug-likeness (QED) is 0.0272. The van der Waals surface area contributed by atoms with Crippen molar-refractivity contribution in [1.82, 2.24) is 30.7 Å². The molecule has 0 aromatic heterocycles. The van der Waals surface area contributed by atoms with Crippen LogP contribution in [-0.4, -0.2) is 256 Å². The van der Waals surface area contributed by atoms with Crippen molar-refractivity contribution >= 4 is 76.6 Å². The van der Waals surface area contributed by atoms with Gasteiger partial charge in [-0.25, -0.2) is 9.69 Å². The van der Waals surface area contributed by atoms with E-state index in [4.69, 9.17) is 61.6 Å². The first-order valence-electron chi connectivity index (χ1n) is 39.0. The molecule has 5 aliphatic heterocycles. The molecule has 32 nitrogen and oxygen atoms in total. The fourth-order valence-electron chi connectivity index (χ4n) is 13.1. The van der Waals surface area contributed by atoms with Crippen molar-refractivity contribution in [3.63, 3.8) is 0 Å². The highest BCUT2D eigenvalue weighted by Crippen LogP contribution is 2.43. The average Bonchev–Trinajstić information content (AvgIpc) is 1.61. The van der Waals surface area contributed by atoms with Crippen LogP contribution in [0.25, 0.3) is 0 Å². The van der Waals surface area contributed by atoms with Crippen LogP contribution in [0.4, 0.5) is 21.9 Å². The standard InChI is InChI=1S/C83H109N9O23/c1-55(2)76(88-74(94)23-28-105-30-32-107-34-36-109-38-40-111-42-43-112-41-39-110-37-35-108-33-31-106-29-24-84-73(93)22-25-89-75(95)48-63(79(89)98)60-16-12-9-8-10-13-17-60)78(97)86-58(5)77(96)87-61-20-18-59(19-21-61)54-115-83(102)92-67-50-72(70(104-7)47-65(67)81(100)91-53-57(4)45-68(91)82(92)101)114-27-15-11-14-26-113-71-49-66-64(46-69(71)103-6)80(99)90-52-56(3)44-62(90)51-85-66/h8-10,12-13,16-21,46-47,49-53,55,58,62-63,68,76,82,101H,11,14-15,22-45,48,54H2,1-7H3,(H,84,93)(H,86,97)(H,87,96)(H,88,94)/b9-8-,10-8?,12-9?,13-10-,16-12?,17-13?,60-16?,60-17?/t58?,62-,63?,68-,76-,82-/m0/s1. The Morgan fingerprint density at radius 3 is 1.75 bits per heavy atom. The maximum absolute atomic E-state index is 14.3. The summed E-state index contributed by atoms with van der Waals surface area (Å²) in [5, 5.41) is 22.9. The highest BCUT2D eigenvalue weighted by atomic mass is 16.6. The number of aliphatic hydroxyl groups is 1. The van der Waals surface area contributed by atoms with Gasteiger partial charge in [0.2, 0.25) is 35.4 Å². The predicted molar refractivity (Wildman–Crippen MR) is 423 cm³/mol. The zero-order valence-corrected chi connectivity index (χ0v) is 66.6. The number of anilines is 2. The summed E-state index contributed by atoms with van der Waals surface area (Å²) in [6.07, 6.45) is 18.7. The molecule has 6 aliphatic rings. The van der Waals surface area contributed by atoms with E-state index in [-0.39, 0.29) is 130 Å². The van der Waals surface area contributed by atoms with Crippen molar-refractivity contribution in [3.8, 4) is 23.0 Å². The Morgan fingerprint density at radius 1 is 0.574 bits per heavy atom. The third-order valence-electron chi connectivity index (χ3n) is 19.2. The first-order valence-corrected chi connectivity index (χ1v) is 39.0. The molecule has 32 heteroatoms. The molecule has 9 amide bonds. The number of nitrogens with zero attached hydrogens (tertiary/aromatic N) is 5. The summed E-state index contributed by atoms with van der Waals surface area (Å²) in [5.41, 5.74) is 4.67. The molecule has 2 unspecified atom stereocenters. The summed E-state index contributed by atoms with van der Waals surface area (Å²) in [4.78, 5) is 130. The van der Waals surface area contributed by atoms with Crippen molar-refractivity contribution in [3.05, 3.63) is 137 Å². The fraction of sp³-hybridized carbons (Fsp3) is 0.518. The second-order valence-electron chi connectivity index (χ2n) is 28.2. The van der Waals surface area contributed by atoms with E-state index >= 15 is 0 Å². The van der Waals surface area contributed by atoms with Gasteiger partial charge >= 0.3 is 6.09 Å². The maximum Gasteiger partial charge on any atom is 0.416 e. The number of fused-ring (bicyclic) bond motifs is 4. The largest absolute Gasteiger partial charge is 0.493 e. The normalized spacial score (nSPS) is 18.5. The lowest BCUT2D eigenvalue weighted by molar-refractivity contribution is -0.139. The molecule has 1 saturated heterocycles. The van der Waals surface area contributed by atoms with Gasteiger partial charge in [0, 0.05) is 68.8 Å². The lowest BCUT2D eigenvalue weighted by atomic mass is 9.95. The summed E-state index contributed by atoms with van der Waals surface area (Å²) in [6.45, 7) is 14.9. The number of likely N-dealkylation sites (tertiary alicyclic amines) is 1. The molecule has 9 rings (SSSR count). The number of hydrogen-bond acceptors (Lipinski definition) is 24. The van der Waals surface area contributed by atoms with Gasteiger partial charge in [-0.15, -0.1) is 0 Å². The molecule has 0 saturated carbocycles. The van der Waals surface area contributed by atoms with Crippen LogP contribution < -0.4 is 45.1 Å². The minimum Gasteiger partial charge on any atom is -0.493 e. The Hall–Kier alpha value is -10.2. The number of methoxy groups -OCH3 is 2. The van der Waals surface area contributed by atoms with Gasteiger partial charge < -0.3 is 97.8 Å². The molecule has 1 fully saturated rings. The molecule has 0 spiro atoms. The van der Waals surface area contributed by atoms with Gasteiger partial charge in [-0.05, 0) is 94.2 Å². The molecular weight excluding hydrogens is 1490 g/mol. The molecule has 1 aliphatic carbocycles. The van der Waals surface area contributed by atoms with Crippen molar-refractivity contribution in [2.45, 2.75) is 123 Å². The van der Waals surface area contributed by atoms with Crippen LogP contribution in [0, 0.1) is 11.8 Å². The molecule has 624 valence electrons. The molecule has 115 heavy (non-hydrogen) atoms. The van der Waals surface area contributed by atoms with E-state index in [2.05, 4.69) is 26.3 Å². The smallest absolute Gasteiger partial charge is 0.416 e. The van der Waals surface area contributed by atoms with Crippen molar-refractivity contribution in [2.24, 2.45) is 16.8 Å². The fourth-order valence-corrected chi connectivity index (χ4v) is 13.1. The monoisotopic (exact) mass is 1600 g/mol. The van der Waals surface area contributed by atoms with Crippen molar-refractivity contribution in [1.29, 1.82) is 0 Å². The van der Waals surface area contributed by atoms with E-state index in [0.29, 0.717) is 146 Å². The van der Waals surface area contributed by atoms with E-state index in [0.717, 1.165) is 28.0 Å². The third kappa shape index (κ3) is 26.7. The molecular formula is C83H109N9O23. The zero-order valence-electron chi connectivity index (χ0n) is 66.6. The molecule has 6 atom stereocenters. The summed E-state index contributed by atoms with van der Waals surface area (Å²) in [7, 11) is 2.96. The summed E-state index contributed by atoms with van der Waals surface area (Å²) in [5.74, 6) is -2.46. The number of carbonyl (C=O) groups excluding carboxylic acids is 9. The predicted octanol–water partition coefficient (Wildman–Crippen LogP) is 7.36. The number of benzene rings is 3. The van der Waals surface area contributed by atoms with Crippen LogP contribution in [0.2, 0.25) is 0 Å². The third-order valence-corrected chi connectivity index (χ3v) is 19.2. The molecule has 3 aromatic rings. The Kier molecular flexibility index (Phi) is 35.8. The number of rotatable bonds is 49. The van der Waals surface area contributed by atoms with E-state index in [1.807, 2.05) is 62.6 Å². The second-order valence-corrected chi connectivity index (χ2v) is 28.2. The van der Waals surface area contributed by atoms with Crippen LogP contribution in [0.5, 0.6) is 23.0 Å². The lowest BCUT2D eigenvalue weighted by Crippen LogP contribution is -2.53. The van der Waals surface area contributed by atoms with Crippen LogP contribution in [0.1, 0.15) is 112 Å². The summed E-state index contributed by atoms with van der Waals surface area (Å²) in [6, 6.07) is 9.93. The summed E-state index contributed by atoms with van der Waals surface area (Å²) < 4.78 is 73.9. The number of carbonyl (C=O) groups is 9. The first kappa shape index (κ1) is 88.8. The number of nitrogens with one attached hydrogen (secondary N) is 4. The number of imide groups is 1. The molecule has 0 radical (unpaired) electrons. The Bertz CT molecular complexity index is 4040. The molecule has 0 bridgehead atoms. The second kappa shape index (κ2) is 46.4. The molecule has 5 heterocycles. The first-order chi connectivity index (χ1) is 55.7. The molecule has 3 aromatic carbocycles. The Morgan fingerprint density at radius 2 is 1.13 bits per heavy atom. The number of aliphatic hydroxyl groups excluding tert-OH is 1. The van der Waals surface area contributed by atoms with E-state index < -0.39 is 60.0 Å². The van der Waals surface area contributed by atoms with Crippen molar-refractivity contribution in [2.75, 3.05) is 156 Å². The van der Waals surface area contributed by atoms with Gasteiger partial charge in [-0.3, -0.25) is 48.2 Å². The van der Waals surface area contributed by atoms with E-state index in [9.17, 15) is 48.3 Å². The highest BCUT2D eigenvalue weighted by Gasteiger charge is 2.46. The number of amides is 9. The number of hydrogen-bond donors (Lipinski definition) is 5. The highest BCUT2D eigenvalue weighted by molar-refractivity contribution is 6.08. The number of allylic oxidation sites excluding steroid dienone is 7. The Labute approximate surface area is 670 Å². The van der Waals surface area contributed by atoms with E-state index in [1.54, 1.807) is 67.6 Å². The van der Waals surface area contributed by atoms with Crippen LogP contribution in [0.3, 0.4) is 0 Å². The van der Waals surface area contributed by atoms with Crippen LogP contribution >= 0.6 is 0 Å². The topological polar surface area (TPSA) is 367 Å². The average molecular weight is 1600 g/mol. The van der Waals surface area contributed by atoms with E-state index in [1.165, 1.54) is 43.1 Å². The van der Waals surface area contributed by atoms with Gasteiger partial charge in [0.25, 0.3) is 11.8 Å². The SMILES string of the molecule is COc1cc2c(cc1OCCCCCOc1cc3c(cc1OC)C(=O)N1C=C(C)C[C@H]1[C@H](O)N3C(=O)OCc1ccc(NC(=O)C(C)NC(=O)[C@@H](NC(=O)CCOCCOCCOCCOCCOCCOCCOCCOCCNC(=O)CCN3C(=O)CC(C4=C/C=C\C=C/C=C4)C3=O)C(C)C)cc1)N=C[C@@H]1CC(C)=CN1C2=O. The van der Waals surface area contributed by atoms with Crippen LogP contribution in [0.15, 0.2) is 125 Å². The van der Waals surface area contributed by atoms with Gasteiger partial charge in [0.1, 0.15) is 18.7 Å². The van der Waals surface area contributed by atoms with Gasteiger partial charge in [-0.2, -0.15) is 0 Å². The minimum absolute atomic E-state index is 0.0125. The maximum atomic E-state index is 14.3.